The maximum atomic E-state index is 3.49. The maximum Gasteiger partial charge on any atom is -0.0313 e. The molecule has 0 aliphatic rings. The summed E-state index contributed by atoms with van der Waals surface area (Å²) in [6.45, 7) is 5.46. The van der Waals surface area contributed by atoms with E-state index in [0.717, 1.165) is 0 Å². The lowest BCUT2D eigenvalue weighted by Crippen LogP contribution is -1.40. The normalized spacial score (nSPS) is 11.7. The molecule has 0 aromatic rings. The van der Waals surface area contributed by atoms with E-state index in [0.29, 0.717) is 0 Å². The van der Waals surface area contributed by atoms with Gasteiger partial charge in [0.1, 0.15) is 0 Å². The van der Waals surface area contributed by atoms with Crippen LogP contribution in [0, 0.1) is 6.92 Å². The van der Waals surface area contributed by atoms with Gasteiger partial charge in [-0.25, -0.2) is 0 Å². The van der Waals surface area contributed by atoms with E-state index in [1.165, 1.54) is 0 Å². The Morgan fingerprint density at radius 2 is 2.00 bits per heavy atom. The topological polar surface area (TPSA) is 0 Å². The predicted octanol–water partition coefficient (Wildman–Crippen LogP) is 1.95. The third-order valence-corrected chi connectivity index (χ3v) is 0.440. The second-order valence-electron chi connectivity index (χ2n) is 0.954. The highest BCUT2D eigenvalue weighted by atomic mass is 13.6. The van der Waals surface area contributed by atoms with Crippen LogP contribution in [-0.4, -0.2) is 0 Å². The largest absolute Gasteiger partial charge is 0.0877 e. The third-order valence-electron chi connectivity index (χ3n) is 0.440. The summed E-state index contributed by atoms with van der Waals surface area (Å²) in [6.07, 6.45) is 7.54. The van der Waals surface area contributed by atoms with E-state index in [2.05, 4.69) is 6.92 Å². The minimum atomic E-state index is 1.75. The Bertz CT molecular complexity index is 48.4. The highest BCUT2D eigenvalue weighted by Crippen LogP contribution is 1.70. The van der Waals surface area contributed by atoms with Crippen molar-refractivity contribution in [2.75, 3.05) is 0 Å². The van der Waals surface area contributed by atoms with E-state index >= 15 is 0 Å². The minimum absolute atomic E-state index is 1.75. The standard InChI is InChI=1S/C6H9/c1-3-5-6-4-2/h3-6H,1H2,2H3/b5-3+,6-4+. The van der Waals surface area contributed by atoms with Gasteiger partial charge in [-0.05, 0) is 13.8 Å². The summed E-state index contributed by atoms with van der Waals surface area (Å²) in [6, 6.07) is 0. The smallest absolute Gasteiger partial charge is 0.0313 e. The average molecular weight is 81.1 g/mol. The van der Waals surface area contributed by atoms with E-state index in [4.69, 9.17) is 0 Å². The third kappa shape index (κ3) is 3.48. The molecular formula is C6H9. The van der Waals surface area contributed by atoms with Gasteiger partial charge in [0, 0.05) is 0 Å². The molecule has 0 saturated heterocycles. The molecule has 0 rings (SSSR count). The molecule has 0 aromatic carbocycles. The van der Waals surface area contributed by atoms with E-state index in [1.807, 2.05) is 25.2 Å². The lowest BCUT2D eigenvalue weighted by atomic mass is 10.5. The Morgan fingerprint density at radius 3 is 2.17 bits per heavy atom. The second-order valence-corrected chi connectivity index (χ2v) is 0.954. The van der Waals surface area contributed by atoms with Crippen molar-refractivity contribution in [2.24, 2.45) is 0 Å². The molecular weight excluding hydrogens is 72.1 g/mol. The second kappa shape index (κ2) is 4.48. The van der Waals surface area contributed by atoms with Gasteiger partial charge in [-0.2, -0.15) is 0 Å². The van der Waals surface area contributed by atoms with Crippen LogP contribution in [0.15, 0.2) is 24.3 Å². The molecule has 0 aliphatic heterocycles. The summed E-state index contributed by atoms with van der Waals surface area (Å²) in [7, 11) is 0. The number of allylic oxidation sites excluding steroid dienone is 4. The first-order valence-electron chi connectivity index (χ1n) is 1.99. The van der Waals surface area contributed by atoms with Crippen LogP contribution in [0.1, 0.15) is 6.92 Å². The molecule has 0 atom stereocenters. The number of hydrogen-bond acceptors (Lipinski definition) is 0. The molecule has 0 fully saturated rings. The lowest BCUT2D eigenvalue weighted by Gasteiger charge is -1.62. The molecule has 0 heterocycles. The zero-order valence-electron chi connectivity index (χ0n) is 4.02. The van der Waals surface area contributed by atoms with Crippen LogP contribution < -0.4 is 0 Å². The van der Waals surface area contributed by atoms with E-state index < -0.39 is 0 Å². The number of rotatable bonds is 1. The average Bonchev–Trinajstić information content (AvgIpc) is 1.61. The van der Waals surface area contributed by atoms with Crippen LogP contribution in [0.4, 0.5) is 0 Å². The van der Waals surface area contributed by atoms with Crippen molar-refractivity contribution in [3.05, 3.63) is 31.2 Å². The minimum Gasteiger partial charge on any atom is -0.0877 e. The molecule has 0 unspecified atom stereocenters. The molecule has 0 saturated carbocycles. The van der Waals surface area contributed by atoms with Crippen molar-refractivity contribution in [1.82, 2.24) is 0 Å². The SMILES string of the molecule is [CH2]/C=C/C=C/C. The van der Waals surface area contributed by atoms with Gasteiger partial charge in [0.15, 0.2) is 0 Å². The van der Waals surface area contributed by atoms with Crippen LogP contribution in [0.3, 0.4) is 0 Å². The number of hydrogen-bond donors (Lipinski definition) is 0. The fourth-order valence-electron chi connectivity index (χ4n) is 0.190. The molecule has 0 N–H and O–H groups in total. The van der Waals surface area contributed by atoms with Gasteiger partial charge in [-0.3, -0.25) is 0 Å². The quantitative estimate of drug-likeness (QED) is 0.423. The van der Waals surface area contributed by atoms with Crippen molar-refractivity contribution in [3.8, 4) is 0 Å². The summed E-state index contributed by atoms with van der Waals surface area (Å²) < 4.78 is 0. The Morgan fingerprint density at radius 1 is 1.33 bits per heavy atom. The fourth-order valence-corrected chi connectivity index (χ4v) is 0.190. The maximum absolute atomic E-state index is 3.49. The summed E-state index contributed by atoms with van der Waals surface area (Å²) in [4.78, 5) is 0. The summed E-state index contributed by atoms with van der Waals surface area (Å²) in [5.41, 5.74) is 0. The Balaban J connectivity index is 3.07. The first-order chi connectivity index (χ1) is 2.91. The highest BCUT2D eigenvalue weighted by molar-refractivity contribution is 5.01. The van der Waals surface area contributed by atoms with E-state index in [-0.39, 0.29) is 0 Å². The van der Waals surface area contributed by atoms with Crippen molar-refractivity contribution in [1.29, 1.82) is 0 Å². The van der Waals surface area contributed by atoms with E-state index in [9.17, 15) is 0 Å². The lowest BCUT2D eigenvalue weighted by molar-refractivity contribution is 1.73. The van der Waals surface area contributed by atoms with Gasteiger partial charge < -0.3 is 0 Å². The Labute approximate surface area is 39.2 Å². The summed E-state index contributed by atoms with van der Waals surface area (Å²) >= 11 is 0. The van der Waals surface area contributed by atoms with Gasteiger partial charge in [-0.15, -0.1) is 0 Å². The zero-order chi connectivity index (χ0) is 4.83. The first-order valence-corrected chi connectivity index (χ1v) is 1.99. The molecule has 1 radical (unpaired) electrons. The summed E-state index contributed by atoms with van der Waals surface area (Å²) in [5.74, 6) is 0. The molecule has 0 heteroatoms. The summed E-state index contributed by atoms with van der Waals surface area (Å²) in [5, 5.41) is 0. The molecule has 0 bridgehead atoms. The van der Waals surface area contributed by atoms with Crippen LogP contribution in [-0.2, 0) is 0 Å². The predicted molar refractivity (Wildman–Crippen MR) is 29.3 cm³/mol. The van der Waals surface area contributed by atoms with Gasteiger partial charge in [0.05, 0.1) is 0 Å². The van der Waals surface area contributed by atoms with Crippen LogP contribution in [0.25, 0.3) is 0 Å². The molecule has 0 aliphatic carbocycles. The Kier molecular flexibility index (Phi) is 4.09. The highest BCUT2D eigenvalue weighted by Gasteiger charge is 1.49. The van der Waals surface area contributed by atoms with Crippen molar-refractivity contribution < 1.29 is 0 Å². The van der Waals surface area contributed by atoms with Crippen LogP contribution in [0.2, 0.25) is 0 Å². The molecule has 6 heavy (non-hydrogen) atoms. The first kappa shape index (κ1) is 5.48. The molecule has 0 amide bonds. The van der Waals surface area contributed by atoms with Crippen LogP contribution >= 0.6 is 0 Å². The van der Waals surface area contributed by atoms with Gasteiger partial charge in [0.2, 0.25) is 0 Å². The zero-order valence-corrected chi connectivity index (χ0v) is 4.02. The Hall–Kier alpha value is -0.520. The van der Waals surface area contributed by atoms with E-state index in [1.54, 1.807) is 6.08 Å². The van der Waals surface area contributed by atoms with Crippen molar-refractivity contribution >= 4 is 0 Å². The molecule has 33 valence electrons. The molecule has 0 aromatic heterocycles. The van der Waals surface area contributed by atoms with Gasteiger partial charge >= 0.3 is 0 Å². The molecule has 0 spiro atoms. The van der Waals surface area contributed by atoms with Gasteiger partial charge in [-0.1, -0.05) is 24.3 Å². The van der Waals surface area contributed by atoms with Crippen LogP contribution in [0.5, 0.6) is 0 Å². The van der Waals surface area contributed by atoms with Crippen molar-refractivity contribution in [3.63, 3.8) is 0 Å². The monoisotopic (exact) mass is 81.1 g/mol. The van der Waals surface area contributed by atoms with Gasteiger partial charge in [0.25, 0.3) is 0 Å². The molecule has 0 nitrogen and oxygen atoms in total. The van der Waals surface area contributed by atoms with Crippen molar-refractivity contribution in [2.45, 2.75) is 6.92 Å². The fraction of sp³-hybridized carbons (Fsp3) is 0.167.